The van der Waals surface area contributed by atoms with E-state index in [4.69, 9.17) is 0 Å². The first-order valence-corrected chi connectivity index (χ1v) is 7.73. The van der Waals surface area contributed by atoms with E-state index in [0.29, 0.717) is 9.79 Å². The van der Waals surface area contributed by atoms with E-state index in [9.17, 15) is 13.5 Å². The van der Waals surface area contributed by atoms with Crippen molar-refractivity contribution in [2.75, 3.05) is 6.26 Å². The maximum Gasteiger partial charge on any atom is 0.176 e. The summed E-state index contributed by atoms with van der Waals surface area (Å²) in [6.07, 6.45) is 0.719. The third kappa shape index (κ3) is 3.50. The number of benzene rings is 1. The second kappa shape index (κ2) is 5.21. The fourth-order valence-electron chi connectivity index (χ4n) is 1.15. The van der Waals surface area contributed by atoms with Crippen LogP contribution >= 0.6 is 11.8 Å². The molecule has 90 valence electrons. The molecule has 1 N–H and O–H groups in total. The van der Waals surface area contributed by atoms with Crippen LogP contribution in [0.4, 0.5) is 0 Å². The summed E-state index contributed by atoms with van der Waals surface area (Å²) in [5, 5.41) is 9.37. The average molecular weight is 260 g/mol. The first-order chi connectivity index (χ1) is 7.32. The molecule has 1 rings (SSSR count). The average Bonchev–Trinajstić information content (AvgIpc) is 2.16. The molecule has 0 spiro atoms. The van der Waals surface area contributed by atoms with Gasteiger partial charge in [0.1, 0.15) is 0 Å². The quantitative estimate of drug-likeness (QED) is 0.841. The lowest BCUT2D eigenvalue weighted by Crippen LogP contribution is -2.15. The van der Waals surface area contributed by atoms with E-state index >= 15 is 0 Å². The zero-order chi connectivity index (χ0) is 12.3. The van der Waals surface area contributed by atoms with Gasteiger partial charge in [-0.2, -0.15) is 0 Å². The molecule has 0 bridgehead atoms. The molecular weight excluding hydrogens is 244 g/mol. The maximum atomic E-state index is 11.5. The summed E-state index contributed by atoms with van der Waals surface area (Å²) < 4.78 is 23.1. The molecule has 1 aromatic carbocycles. The standard InChI is InChI=1S/C11H16O3S2/c1-8(12)9(2)15-10-6-4-5-7-11(10)16(3,13)14/h4-9,12H,1-3H3. The van der Waals surface area contributed by atoms with E-state index < -0.39 is 15.9 Å². The molecule has 3 nitrogen and oxygen atoms in total. The Bertz CT molecular complexity index is 452. The summed E-state index contributed by atoms with van der Waals surface area (Å²) in [6.45, 7) is 3.56. The van der Waals surface area contributed by atoms with Gasteiger partial charge < -0.3 is 5.11 Å². The van der Waals surface area contributed by atoms with E-state index in [-0.39, 0.29) is 5.25 Å². The summed E-state index contributed by atoms with van der Waals surface area (Å²) in [7, 11) is -3.21. The highest BCUT2D eigenvalue weighted by Crippen LogP contribution is 2.30. The third-order valence-corrected chi connectivity index (χ3v) is 4.90. The van der Waals surface area contributed by atoms with Crippen LogP contribution in [0.3, 0.4) is 0 Å². The van der Waals surface area contributed by atoms with E-state index in [1.165, 1.54) is 18.0 Å². The maximum absolute atomic E-state index is 11.5. The van der Waals surface area contributed by atoms with Gasteiger partial charge in [-0.05, 0) is 19.1 Å². The Balaban J connectivity index is 3.06. The SMILES string of the molecule is CC(O)C(C)Sc1ccccc1S(C)(=O)=O. The molecule has 2 atom stereocenters. The molecule has 0 aromatic heterocycles. The zero-order valence-corrected chi connectivity index (χ0v) is 11.2. The third-order valence-electron chi connectivity index (χ3n) is 2.24. The second-order valence-electron chi connectivity index (χ2n) is 3.78. The molecule has 0 saturated carbocycles. The lowest BCUT2D eigenvalue weighted by molar-refractivity contribution is 0.196. The smallest absolute Gasteiger partial charge is 0.176 e. The Hall–Kier alpha value is -0.520. The largest absolute Gasteiger partial charge is 0.392 e. The van der Waals surface area contributed by atoms with Crippen LogP contribution in [0.25, 0.3) is 0 Å². The monoisotopic (exact) mass is 260 g/mol. The molecule has 0 amide bonds. The van der Waals surface area contributed by atoms with E-state index in [1.54, 1.807) is 31.2 Å². The van der Waals surface area contributed by atoms with Crippen LogP contribution in [-0.2, 0) is 9.84 Å². The van der Waals surface area contributed by atoms with Crippen LogP contribution in [0.2, 0.25) is 0 Å². The topological polar surface area (TPSA) is 54.4 Å². The molecule has 0 radical (unpaired) electrons. The summed E-state index contributed by atoms with van der Waals surface area (Å²) in [6, 6.07) is 6.85. The van der Waals surface area contributed by atoms with Crippen molar-refractivity contribution in [1.29, 1.82) is 0 Å². The first kappa shape index (κ1) is 13.5. The summed E-state index contributed by atoms with van der Waals surface area (Å²) >= 11 is 1.38. The minimum Gasteiger partial charge on any atom is -0.392 e. The van der Waals surface area contributed by atoms with E-state index in [2.05, 4.69) is 0 Å². The minimum atomic E-state index is -3.21. The molecule has 0 aliphatic heterocycles. The van der Waals surface area contributed by atoms with Crippen LogP contribution < -0.4 is 0 Å². The lowest BCUT2D eigenvalue weighted by Gasteiger charge is -2.15. The van der Waals surface area contributed by atoms with Gasteiger partial charge in [-0.15, -0.1) is 11.8 Å². The first-order valence-electron chi connectivity index (χ1n) is 4.96. The molecule has 5 heteroatoms. The van der Waals surface area contributed by atoms with Crippen LogP contribution in [0, 0.1) is 0 Å². The van der Waals surface area contributed by atoms with Gasteiger partial charge in [0.25, 0.3) is 0 Å². The van der Waals surface area contributed by atoms with Crippen molar-refractivity contribution in [3.8, 4) is 0 Å². The highest BCUT2D eigenvalue weighted by Gasteiger charge is 2.17. The normalized spacial score (nSPS) is 15.8. The van der Waals surface area contributed by atoms with Gasteiger partial charge >= 0.3 is 0 Å². The highest BCUT2D eigenvalue weighted by molar-refractivity contribution is 8.00. The van der Waals surface area contributed by atoms with Crippen LogP contribution in [-0.4, -0.2) is 31.1 Å². The van der Waals surface area contributed by atoms with Gasteiger partial charge in [0, 0.05) is 16.4 Å². The van der Waals surface area contributed by atoms with E-state index in [1.807, 2.05) is 6.92 Å². The van der Waals surface area contributed by atoms with Crippen molar-refractivity contribution >= 4 is 21.6 Å². The Morgan fingerprint density at radius 3 is 2.31 bits per heavy atom. The van der Waals surface area contributed by atoms with Crippen molar-refractivity contribution in [2.45, 2.75) is 35.0 Å². The number of rotatable bonds is 4. The summed E-state index contributed by atoms with van der Waals surface area (Å²) in [4.78, 5) is 1.02. The van der Waals surface area contributed by atoms with Crippen molar-refractivity contribution in [3.63, 3.8) is 0 Å². The Morgan fingerprint density at radius 1 is 1.25 bits per heavy atom. The van der Waals surface area contributed by atoms with Crippen LogP contribution in [0.1, 0.15) is 13.8 Å². The summed E-state index contributed by atoms with van der Waals surface area (Å²) in [5.74, 6) is 0. The zero-order valence-electron chi connectivity index (χ0n) is 9.54. The molecule has 2 unspecified atom stereocenters. The fourth-order valence-corrected chi connectivity index (χ4v) is 3.45. The van der Waals surface area contributed by atoms with Crippen molar-refractivity contribution in [1.82, 2.24) is 0 Å². The molecular formula is C11H16O3S2. The minimum absolute atomic E-state index is 0.0390. The van der Waals surface area contributed by atoms with E-state index in [0.717, 1.165) is 0 Å². The van der Waals surface area contributed by atoms with Gasteiger partial charge in [-0.1, -0.05) is 19.1 Å². The van der Waals surface area contributed by atoms with Gasteiger partial charge in [0.2, 0.25) is 0 Å². The number of aliphatic hydroxyl groups is 1. The highest BCUT2D eigenvalue weighted by atomic mass is 32.2. The predicted octanol–water partition coefficient (Wildman–Crippen LogP) is 1.95. The van der Waals surface area contributed by atoms with Crippen molar-refractivity contribution in [2.24, 2.45) is 0 Å². The second-order valence-corrected chi connectivity index (χ2v) is 7.19. The molecule has 0 saturated heterocycles. The number of sulfone groups is 1. The molecule has 0 aliphatic rings. The van der Waals surface area contributed by atoms with Gasteiger partial charge in [-0.25, -0.2) is 8.42 Å². The van der Waals surface area contributed by atoms with Crippen LogP contribution in [0.15, 0.2) is 34.1 Å². The lowest BCUT2D eigenvalue weighted by atomic mass is 10.3. The Kier molecular flexibility index (Phi) is 4.41. The number of aliphatic hydroxyl groups excluding tert-OH is 1. The molecule has 0 aliphatic carbocycles. The van der Waals surface area contributed by atoms with Crippen molar-refractivity contribution in [3.05, 3.63) is 24.3 Å². The van der Waals surface area contributed by atoms with Gasteiger partial charge in [0.05, 0.1) is 11.0 Å². The predicted molar refractivity (Wildman–Crippen MR) is 66.6 cm³/mol. The Morgan fingerprint density at radius 2 is 1.81 bits per heavy atom. The molecule has 0 heterocycles. The molecule has 1 aromatic rings. The molecule has 0 fully saturated rings. The van der Waals surface area contributed by atoms with Gasteiger partial charge in [0.15, 0.2) is 9.84 Å². The Labute approximate surface area is 101 Å². The molecule has 16 heavy (non-hydrogen) atoms. The number of hydrogen-bond donors (Lipinski definition) is 1. The number of hydrogen-bond acceptors (Lipinski definition) is 4. The van der Waals surface area contributed by atoms with Gasteiger partial charge in [-0.3, -0.25) is 0 Å². The van der Waals surface area contributed by atoms with Crippen molar-refractivity contribution < 1.29 is 13.5 Å². The number of thioether (sulfide) groups is 1. The fraction of sp³-hybridized carbons (Fsp3) is 0.455. The van der Waals surface area contributed by atoms with Crippen LogP contribution in [0.5, 0.6) is 0 Å². The summed E-state index contributed by atoms with van der Waals surface area (Å²) in [5.41, 5.74) is 0.